The van der Waals surface area contributed by atoms with Crippen molar-refractivity contribution in [2.45, 2.75) is 18.1 Å². The van der Waals surface area contributed by atoms with E-state index in [0.29, 0.717) is 13.1 Å². The van der Waals surface area contributed by atoms with Crippen LogP contribution < -0.4 is 5.32 Å². The highest BCUT2D eigenvalue weighted by Crippen LogP contribution is 2.14. The fourth-order valence-electron chi connectivity index (χ4n) is 1.17. The molecule has 0 amide bonds. The molecule has 1 rings (SSSR count). The van der Waals surface area contributed by atoms with E-state index in [0.717, 1.165) is 0 Å². The molecule has 1 saturated heterocycles. The maximum Gasteiger partial charge on any atom is 0.103 e. The van der Waals surface area contributed by atoms with Crippen LogP contribution in [0.4, 0.5) is 0 Å². The lowest BCUT2D eigenvalue weighted by atomic mass is 9.93. The average molecular weight is 147 g/mol. The zero-order chi connectivity index (χ0) is 7.61. The zero-order valence-corrected chi connectivity index (χ0v) is 5.75. The van der Waals surface area contributed by atoms with Crippen molar-refractivity contribution in [1.29, 1.82) is 0 Å². The Morgan fingerprint density at radius 3 is 2.70 bits per heavy atom. The van der Waals surface area contributed by atoms with Crippen molar-refractivity contribution in [1.82, 2.24) is 5.32 Å². The van der Waals surface area contributed by atoms with Gasteiger partial charge in [0.25, 0.3) is 0 Å². The van der Waals surface area contributed by atoms with Crippen molar-refractivity contribution in [3.63, 3.8) is 0 Å². The fraction of sp³-hybridized carbons (Fsp3) is 1.00. The van der Waals surface area contributed by atoms with Crippen molar-refractivity contribution in [2.75, 3.05) is 19.7 Å². The summed E-state index contributed by atoms with van der Waals surface area (Å²) in [5.41, 5.74) is -1.11. The Kier molecular flexibility index (Phi) is 2.25. The molecule has 1 fully saturated rings. The number of aliphatic hydroxyl groups excluding tert-OH is 2. The largest absolute Gasteiger partial charge is 0.393 e. The van der Waals surface area contributed by atoms with Gasteiger partial charge < -0.3 is 20.6 Å². The molecule has 2 atom stereocenters. The predicted molar refractivity (Wildman–Crippen MR) is 35.5 cm³/mol. The minimum absolute atomic E-state index is 0.260. The van der Waals surface area contributed by atoms with Gasteiger partial charge in [-0.15, -0.1) is 0 Å². The summed E-state index contributed by atoms with van der Waals surface area (Å²) >= 11 is 0. The molecule has 2 unspecified atom stereocenters. The number of hydrogen-bond donors (Lipinski definition) is 4. The van der Waals surface area contributed by atoms with Gasteiger partial charge in [0, 0.05) is 19.5 Å². The second kappa shape index (κ2) is 2.84. The van der Waals surface area contributed by atoms with Gasteiger partial charge in [-0.25, -0.2) is 0 Å². The first-order chi connectivity index (χ1) is 4.66. The van der Waals surface area contributed by atoms with Gasteiger partial charge in [0.05, 0.1) is 12.7 Å². The Labute approximate surface area is 59.5 Å². The second-order valence-electron chi connectivity index (χ2n) is 2.87. The summed E-state index contributed by atoms with van der Waals surface area (Å²) in [5.74, 6) is 0. The van der Waals surface area contributed by atoms with E-state index in [4.69, 9.17) is 10.2 Å². The lowest BCUT2D eigenvalue weighted by molar-refractivity contribution is -0.0660. The molecule has 4 N–H and O–H groups in total. The number of piperidine rings is 1. The maximum atomic E-state index is 9.38. The lowest BCUT2D eigenvalue weighted by Gasteiger charge is -2.33. The summed E-state index contributed by atoms with van der Waals surface area (Å²) in [7, 11) is 0. The van der Waals surface area contributed by atoms with Crippen LogP contribution in [0.1, 0.15) is 6.42 Å². The minimum atomic E-state index is -1.11. The molecule has 0 aromatic carbocycles. The monoisotopic (exact) mass is 147 g/mol. The number of aliphatic hydroxyl groups is 3. The second-order valence-corrected chi connectivity index (χ2v) is 2.87. The quantitative estimate of drug-likeness (QED) is 0.348. The minimum Gasteiger partial charge on any atom is -0.393 e. The molecule has 0 bridgehead atoms. The summed E-state index contributed by atoms with van der Waals surface area (Å²) in [4.78, 5) is 0. The lowest BCUT2D eigenvalue weighted by Crippen LogP contribution is -2.53. The van der Waals surface area contributed by atoms with Gasteiger partial charge in [0.2, 0.25) is 0 Å². The molecule has 0 aromatic rings. The first-order valence-electron chi connectivity index (χ1n) is 3.38. The van der Waals surface area contributed by atoms with Gasteiger partial charge in [0.1, 0.15) is 5.60 Å². The molecule has 1 heterocycles. The van der Waals surface area contributed by atoms with E-state index in [1.54, 1.807) is 0 Å². The van der Waals surface area contributed by atoms with E-state index in [2.05, 4.69) is 5.32 Å². The first-order valence-corrected chi connectivity index (χ1v) is 3.38. The number of nitrogens with one attached hydrogen (secondary N) is 1. The van der Waals surface area contributed by atoms with Crippen molar-refractivity contribution in [3.05, 3.63) is 0 Å². The van der Waals surface area contributed by atoms with Crippen LogP contribution in [0.5, 0.6) is 0 Å². The summed E-state index contributed by atoms with van der Waals surface area (Å²) in [6.07, 6.45) is -0.276. The third kappa shape index (κ3) is 1.67. The molecule has 0 radical (unpaired) electrons. The summed E-state index contributed by atoms with van der Waals surface area (Å²) in [6.45, 7) is 0.569. The Morgan fingerprint density at radius 2 is 2.30 bits per heavy atom. The Bertz CT molecular complexity index is 120. The molecule has 60 valence electrons. The highest BCUT2D eigenvalue weighted by molar-refractivity contribution is 4.88. The predicted octanol–water partition coefficient (Wildman–Crippen LogP) is -1.94. The van der Waals surface area contributed by atoms with Crippen LogP contribution in [-0.2, 0) is 0 Å². The SMILES string of the molecule is OCC1(O)CNCC(O)C1. The Morgan fingerprint density at radius 1 is 1.60 bits per heavy atom. The number of hydrogen-bond acceptors (Lipinski definition) is 4. The summed E-state index contributed by atoms with van der Waals surface area (Å²) in [5, 5.41) is 29.9. The van der Waals surface area contributed by atoms with Crippen LogP contribution in [-0.4, -0.2) is 46.7 Å². The van der Waals surface area contributed by atoms with Gasteiger partial charge in [0.15, 0.2) is 0 Å². The van der Waals surface area contributed by atoms with Gasteiger partial charge in [-0.05, 0) is 0 Å². The fourth-order valence-corrected chi connectivity index (χ4v) is 1.17. The van der Waals surface area contributed by atoms with Crippen molar-refractivity contribution in [3.8, 4) is 0 Å². The molecular formula is C6H13NO3. The highest BCUT2D eigenvalue weighted by atomic mass is 16.3. The number of β-amino-alcohol motifs (C(OH)–C–C–N with tert-alkyl or cyclic N) is 2. The van der Waals surface area contributed by atoms with E-state index in [-0.39, 0.29) is 13.0 Å². The normalized spacial score (nSPS) is 41.7. The van der Waals surface area contributed by atoms with Crippen LogP contribution in [0.3, 0.4) is 0 Å². The molecule has 4 heteroatoms. The topological polar surface area (TPSA) is 72.7 Å². The van der Waals surface area contributed by atoms with Crippen LogP contribution in [0.15, 0.2) is 0 Å². The average Bonchev–Trinajstić information content (AvgIpc) is 1.88. The van der Waals surface area contributed by atoms with Crippen LogP contribution in [0.2, 0.25) is 0 Å². The van der Waals surface area contributed by atoms with E-state index in [1.165, 1.54) is 0 Å². The molecule has 1 aliphatic rings. The van der Waals surface area contributed by atoms with Crippen LogP contribution in [0.25, 0.3) is 0 Å². The molecular weight excluding hydrogens is 134 g/mol. The Hall–Kier alpha value is -0.160. The third-order valence-corrected chi connectivity index (χ3v) is 1.74. The van der Waals surface area contributed by atoms with E-state index in [1.807, 2.05) is 0 Å². The first kappa shape index (κ1) is 7.94. The van der Waals surface area contributed by atoms with Crippen LogP contribution >= 0.6 is 0 Å². The molecule has 0 saturated carbocycles. The standard InChI is InChI=1S/C6H13NO3/c8-4-6(10)1-5(9)2-7-3-6/h5,7-10H,1-4H2. The molecule has 0 aliphatic carbocycles. The molecule has 0 spiro atoms. The summed E-state index contributed by atoms with van der Waals surface area (Å²) in [6, 6.07) is 0. The zero-order valence-electron chi connectivity index (χ0n) is 5.75. The van der Waals surface area contributed by atoms with Gasteiger partial charge in [-0.1, -0.05) is 0 Å². The molecule has 10 heavy (non-hydrogen) atoms. The van der Waals surface area contributed by atoms with E-state index < -0.39 is 11.7 Å². The van der Waals surface area contributed by atoms with Gasteiger partial charge in [-0.2, -0.15) is 0 Å². The smallest absolute Gasteiger partial charge is 0.103 e. The van der Waals surface area contributed by atoms with Crippen molar-refractivity contribution < 1.29 is 15.3 Å². The highest BCUT2D eigenvalue weighted by Gasteiger charge is 2.32. The van der Waals surface area contributed by atoms with Crippen molar-refractivity contribution in [2.24, 2.45) is 0 Å². The van der Waals surface area contributed by atoms with E-state index in [9.17, 15) is 5.11 Å². The third-order valence-electron chi connectivity index (χ3n) is 1.74. The van der Waals surface area contributed by atoms with Gasteiger partial charge >= 0.3 is 0 Å². The van der Waals surface area contributed by atoms with E-state index >= 15 is 0 Å². The number of rotatable bonds is 1. The maximum absolute atomic E-state index is 9.38. The molecule has 4 nitrogen and oxygen atoms in total. The molecule has 0 aromatic heterocycles. The summed E-state index contributed by atoms with van der Waals surface area (Å²) < 4.78 is 0. The van der Waals surface area contributed by atoms with Crippen molar-refractivity contribution >= 4 is 0 Å². The molecule has 1 aliphatic heterocycles. The van der Waals surface area contributed by atoms with Crippen LogP contribution in [0, 0.1) is 0 Å². The Balaban J connectivity index is 2.45. The van der Waals surface area contributed by atoms with Gasteiger partial charge in [-0.3, -0.25) is 0 Å².